The number of nitrogens with zero attached hydrogens (tertiary/aromatic N) is 4. The number of hydrogen-bond acceptors (Lipinski definition) is 7. The van der Waals surface area contributed by atoms with Crippen molar-refractivity contribution >= 4 is 11.7 Å². The maximum absolute atomic E-state index is 14.2. The number of aliphatic hydroxyl groups is 1. The number of aryl methyl sites for hydroxylation is 1. The lowest BCUT2D eigenvalue weighted by molar-refractivity contribution is -0.141. The molecule has 3 rings (SSSR count). The smallest absolute Gasteiger partial charge is 0.228 e. The van der Waals surface area contributed by atoms with E-state index in [1.165, 1.54) is 6.33 Å². The van der Waals surface area contributed by atoms with Crippen LogP contribution in [0.2, 0.25) is 0 Å². The van der Waals surface area contributed by atoms with Crippen LogP contribution in [0.15, 0.2) is 6.33 Å². The summed E-state index contributed by atoms with van der Waals surface area (Å²) in [6, 6.07) is -0.170. The van der Waals surface area contributed by atoms with Gasteiger partial charge in [-0.2, -0.15) is 0 Å². The maximum Gasteiger partial charge on any atom is 0.228 e. The van der Waals surface area contributed by atoms with Gasteiger partial charge < -0.3 is 25.0 Å². The number of piperazine rings is 1. The summed E-state index contributed by atoms with van der Waals surface area (Å²) in [7, 11) is 1.99. The molecule has 2 N–H and O–H groups in total. The van der Waals surface area contributed by atoms with Crippen molar-refractivity contribution in [2.45, 2.75) is 31.9 Å². The van der Waals surface area contributed by atoms with Gasteiger partial charge in [-0.15, -0.1) is 0 Å². The predicted octanol–water partition coefficient (Wildman–Crippen LogP) is 0.130. The summed E-state index contributed by atoms with van der Waals surface area (Å²) in [6.07, 6.45) is 2.23. The van der Waals surface area contributed by atoms with Gasteiger partial charge in [-0.3, -0.25) is 4.79 Å². The van der Waals surface area contributed by atoms with Crippen LogP contribution in [-0.4, -0.2) is 89.4 Å². The van der Waals surface area contributed by atoms with Crippen LogP contribution in [0, 0.1) is 11.7 Å². The van der Waals surface area contributed by atoms with Gasteiger partial charge in [0.25, 0.3) is 0 Å². The summed E-state index contributed by atoms with van der Waals surface area (Å²) in [5.74, 6) is -0.463. The molecule has 2 fully saturated rings. The van der Waals surface area contributed by atoms with Crippen LogP contribution in [0.25, 0.3) is 0 Å². The summed E-state index contributed by atoms with van der Waals surface area (Å²) in [5.41, 5.74) is 0.373. The molecule has 3 atom stereocenters. The second-order valence-corrected chi connectivity index (χ2v) is 7.24. The Labute approximate surface area is 158 Å². The van der Waals surface area contributed by atoms with Crippen molar-refractivity contribution in [1.29, 1.82) is 0 Å². The summed E-state index contributed by atoms with van der Waals surface area (Å²) in [5, 5.41) is 12.6. The Bertz CT molecular complexity index is 662. The van der Waals surface area contributed by atoms with Crippen molar-refractivity contribution in [2.75, 3.05) is 51.8 Å². The Morgan fingerprint density at radius 3 is 3.00 bits per heavy atom. The Morgan fingerprint density at radius 1 is 1.44 bits per heavy atom. The summed E-state index contributed by atoms with van der Waals surface area (Å²) >= 11 is 0. The van der Waals surface area contributed by atoms with E-state index < -0.39 is 5.82 Å². The van der Waals surface area contributed by atoms with Crippen LogP contribution in [0.4, 0.5) is 10.2 Å². The molecule has 0 bridgehead atoms. The van der Waals surface area contributed by atoms with E-state index in [-0.39, 0.29) is 36.4 Å². The third-order valence-corrected chi connectivity index (χ3v) is 5.30. The number of halogens is 1. The molecule has 9 heteroatoms. The van der Waals surface area contributed by atoms with Crippen molar-refractivity contribution in [2.24, 2.45) is 5.92 Å². The number of hydrogen-bond donors (Lipinski definition) is 2. The van der Waals surface area contributed by atoms with Crippen LogP contribution in [0.5, 0.6) is 0 Å². The van der Waals surface area contributed by atoms with Crippen molar-refractivity contribution in [3.05, 3.63) is 17.8 Å². The first-order chi connectivity index (χ1) is 13.0. The van der Waals surface area contributed by atoms with Gasteiger partial charge in [0.15, 0.2) is 11.6 Å². The zero-order valence-corrected chi connectivity index (χ0v) is 15.9. The van der Waals surface area contributed by atoms with Crippen LogP contribution in [-0.2, 0) is 16.0 Å². The van der Waals surface area contributed by atoms with Crippen LogP contribution < -0.4 is 5.32 Å². The first-order valence-corrected chi connectivity index (χ1v) is 9.48. The molecule has 1 unspecified atom stereocenters. The highest BCUT2D eigenvalue weighted by molar-refractivity contribution is 5.79. The number of amides is 1. The lowest BCUT2D eigenvalue weighted by Crippen LogP contribution is -2.57. The van der Waals surface area contributed by atoms with E-state index in [1.807, 2.05) is 14.0 Å². The van der Waals surface area contributed by atoms with Gasteiger partial charge in [-0.05, 0) is 19.9 Å². The maximum atomic E-state index is 14.2. The van der Waals surface area contributed by atoms with E-state index in [4.69, 9.17) is 4.74 Å². The van der Waals surface area contributed by atoms with E-state index in [2.05, 4.69) is 20.2 Å². The monoisotopic (exact) mass is 381 g/mol. The third-order valence-electron chi connectivity index (χ3n) is 5.30. The van der Waals surface area contributed by atoms with Gasteiger partial charge in [-0.1, -0.05) is 6.92 Å². The molecular formula is C18H28FN5O3. The lowest BCUT2D eigenvalue weighted by Gasteiger charge is -2.40. The van der Waals surface area contributed by atoms with Gasteiger partial charge in [-0.25, -0.2) is 14.4 Å². The molecule has 1 aromatic heterocycles. The molecule has 1 amide bonds. The van der Waals surface area contributed by atoms with Gasteiger partial charge in [0.2, 0.25) is 5.91 Å². The lowest BCUT2D eigenvalue weighted by atomic mass is 10.0. The first-order valence-electron chi connectivity index (χ1n) is 9.48. The molecule has 0 saturated carbocycles. The minimum absolute atomic E-state index is 0.0335. The summed E-state index contributed by atoms with van der Waals surface area (Å²) in [6.45, 7) is 4.62. The number of aromatic nitrogens is 2. The van der Waals surface area contributed by atoms with Crippen LogP contribution in [0.3, 0.4) is 0 Å². The Morgan fingerprint density at radius 2 is 2.26 bits per heavy atom. The molecular weight excluding hydrogens is 353 g/mol. The van der Waals surface area contributed by atoms with E-state index >= 15 is 0 Å². The zero-order chi connectivity index (χ0) is 19.4. The predicted molar refractivity (Wildman–Crippen MR) is 97.8 cm³/mol. The number of aliphatic hydroxyl groups excluding tert-OH is 1. The molecule has 150 valence electrons. The Hall–Kier alpha value is -1.84. The largest absolute Gasteiger partial charge is 0.394 e. The Balaban J connectivity index is 1.53. The molecule has 0 aromatic carbocycles. The van der Waals surface area contributed by atoms with E-state index in [0.717, 1.165) is 6.54 Å². The molecule has 3 heterocycles. The van der Waals surface area contributed by atoms with Crippen LogP contribution in [0.1, 0.15) is 19.0 Å². The number of ether oxygens (including phenoxy) is 1. The molecule has 27 heavy (non-hydrogen) atoms. The van der Waals surface area contributed by atoms with Gasteiger partial charge in [0.05, 0.1) is 37.0 Å². The average molecular weight is 381 g/mol. The summed E-state index contributed by atoms with van der Waals surface area (Å²) < 4.78 is 19.9. The molecule has 1 aromatic rings. The van der Waals surface area contributed by atoms with E-state index in [0.29, 0.717) is 44.8 Å². The quantitative estimate of drug-likeness (QED) is 0.724. The molecule has 0 aliphatic carbocycles. The van der Waals surface area contributed by atoms with Gasteiger partial charge in [0, 0.05) is 26.2 Å². The topological polar surface area (TPSA) is 90.8 Å². The summed E-state index contributed by atoms with van der Waals surface area (Å²) in [4.78, 5) is 24.6. The first kappa shape index (κ1) is 19.9. The number of carbonyl (C=O) groups is 1. The second-order valence-electron chi connectivity index (χ2n) is 7.24. The van der Waals surface area contributed by atoms with Crippen molar-refractivity contribution in [3.63, 3.8) is 0 Å². The molecule has 8 nitrogen and oxygen atoms in total. The standard InChI is InChI=1S/C18H28FN5O3/c1-3-15-16(19)17(22-11-21-15)20-7-14-6-12(10-27-14)18(26)24-5-4-23(2)8-13(24)9-25/h11-14,25H,3-10H2,1-2H3,(H,20,21,22)/t12-,13?,14-/m0/s1. The van der Waals surface area contributed by atoms with E-state index in [1.54, 1.807) is 4.90 Å². The van der Waals surface area contributed by atoms with Gasteiger partial charge >= 0.3 is 0 Å². The fourth-order valence-electron chi connectivity index (χ4n) is 3.70. The van der Waals surface area contributed by atoms with Gasteiger partial charge in [0.1, 0.15) is 6.33 Å². The number of nitrogens with one attached hydrogen (secondary N) is 1. The molecule has 0 spiro atoms. The third kappa shape index (κ3) is 4.53. The highest BCUT2D eigenvalue weighted by Crippen LogP contribution is 2.24. The fraction of sp³-hybridized carbons (Fsp3) is 0.722. The second kappa shape index (κ2) is 8.90. The van der Waals surface area contributed by atoms with E-state index in [9.17, 15) is 14.3 Å². The van der Waals surface area contributed by atoms with Crippen molar-refractivity contribution in [1.82, 2.24) is 19.8 Å². The number of carbonyl (C=O) groups excluding carboxylic acids is 1. The number of rotatable bonds is 6. The molecule has 2 aliphatic heterocycles. The fourth-order valence-corrected chi connectivity index (χ4v) is 3.70. The number of likely N-dealkylation sites (N-methyl/N-ethyl adjacent to an activating group) is 1. The van der Waals surface area contributed by atoms with Crippen LogP contribution >= 0.6 is 0 Å². The average Bonchev–Trinajstić information content (AvgIpc) is 3.15. The number of anilines is 1. The Kier molecular flexibility index (Phi) is 6.56. The minimum atomic E-state index is -0.436. The SMILES string of the molecule is CCc1ncnc(NC[C@@H]2C[C@H](C(=O)N3CCN(C)CC3CO)CO2)c1F. The van der Waals surface area contributed by atoms with Crippen molar-refractivity contribution < 1.29 is 19.0 Å². The minimum Gasteiger partial charge on any atom is -0.394 e. The molecule has 0 radical (unpaired) electrons. The molecule has 2 saturated heterocycles. The molecule has 2 aliphatic rings. The highest BCUT2D eigenvalue weighted by Gasteiger charge is 2.37. The highest BCUT2D eigenvalue weighted by atomic mass is 19.1. The van der Waals surface area contributed by atoms with Crippen molar-refractivity contribution in [3.8, 4) is 0 Å². The normalized spacial score (nSPS) is 26.4. The zero-order valence-electron chi connectivity index (χ0n) is 15.9.